The molecule has 6 heteroatoms. The third-order valence-electron chi connectivity index (χ3n) is 2.62. The topological polar surface area (TPSA) is 43.4 Å². The fourth-order valence-corrected chi connectivity index (χ4v) is 2.55. The molecule has 0 saturated heterocycles. The first-order chi connectivity index (χ1) is 8.90. The van der Waals surface area contributed by atoms with Gasteiger partial charge in [-0.1, -0.05) is 13.3 Å². The van der Waals surface area contributed by atoms with Crippen molar-refractivity contribution in [1.29, 1.82) is 0 Å². The normalized spacial score (nSPS) is 13.3. The summed E-state index contributed by atoms with van der Waals surface area (Å²) in [4.78, 5) is -0.194. The molecule has 1 aromatic rings. The maximum atomic E-state index is 13.5. The fraction of sp³-hybridized carbons (Fsp3) is 0.538. The van der Waals surface area contributed by atoms with Crippen LogP contribution in [0, 0.1) is 0 Å². The van der Waals surface area contributed by atoms with Crippen molar-refractivity contribution >= 4 is 9.84 Å². The quantitative estimate of drug-likeness (QED) is 0.725. The van der Waals surface area contributed by atoms with Crippen LogP contribution in [0.15, 0.2) is 23.1 Å². The average Bonchev–Trinajstić information content (AvgIpc) is 2.36. The van der Waals surface area contributed by atoms with Gasteiger partial charge in [0.1, 0.15) is 12.4 Å². The third-order valence-corrected chi connectivity index (χ3v) is 3.79. The summed E-state index contributed by atoms with van der Waals surface area (Å²) in [5, 5.41) is 0. The first-order valence-electron chi connectivity index (χ1n) is 6.07. The molecule has 1 aromatic carbocycles. The largest absolute Gasteiger partial charge is 0.494 e. The molecule has 108 valence electrons. The fourth-order valence-electron chi connectivity index (χ4n) is 1.62. The molecular formula is C13H18F2O3S. The number of hydrogen-bond acceptors (Lipinski definition) is 3. The monoisotopic (exact) mass is 292 g/mol. The van der Waals surface area contributed by atoms with Gasteiger partial charge in [0.15, 0.2) is 16.0 Å². The van der Waals surface area contributed by atoms with Crippen LogP contribution in [0.25, 0.3) is 0 Å². The molecule has 1 rings (SSSR count). The van der Waals surface area contributed by atoms with Crippen LogP contribution in [0.4, 0.5) is 8.78 Å². The van der Waals surface area contributed by atoms with Crippen LogP contribution in [0.3, 0.4) is 0 Å². The molecule has 0 aliphatic carbocycles. The highest BCUT2D eigenvalue weighted by atomic mass is 32.2. The van der Waals surface area contributed by atoms with E-state index in [-0.39, 0.29) is 10.5 Å². The number of rotatable bonds is 7. The molecule has 3 nitrogen and oxygen atoms in total. The maximum Gasteiger partial charge on any atom is 0.175 e. The molecule has 0 aliphatic rings. The number of sulfone groups is 1. The molecule has 0 aliphatic heterocycles. The van der Waals surface area contributed by atoms with Crippen LogP contribution in [-0.2, 0) is 9.84 Å². The first-order valence-corrected chi connectivity index (χ1v) is 7.96. The van der Waals surface area contributed by atoms with Gasteiger partial charge in [-0.25, -0.2) is 17.2 Å². The molecule has 0 bridgehead atoms. The van der Waals surface area contributed by atoms with Crippen molar-refractivity contribution in [3.05, 3.63) is 23.8 Å². The lowest BCUT2D eigenvalue weighted by Crippen LogP contribution is -2.07. The van der Waals surface area contributed by atoms with Gasteiger partial charge in [-0.3, -0.25) is 0 Å². The molecule has 19 heavy (non-hydrogen) atoms. The number of hydrogen-bond donors (Lipinski definition) is 0. The lowest BCUT2D eigenvalue weighted by Gasteiger charge is -2.13. The highest BCUT2D eigenvalue weighted by molar-refractivity contribution is 7.90. The van der Waals surface area contributed by atoms with E-state index in [0.29, 0.717) is 12.4 Å². The second-order valence-electron chi connectivity index (χ2n) is 4.30. The molecule has 0 radical (unpaired) electrons. The zero-order valence-electron chi connectivity index (χ0n) is 11.0. The Labute approximate surface area is 112 Å². The third kappa shape index (κ3) is 4.45. The van der Waals surface area contributed by atoms with E-state index in [1.165, 1.54) is 18.2 Å². The van der Waals surface area contributed by atoms with Crippen molar-refractivity contribution in [2.75, 3.05) is 19.5 Å². The van der Waals surface area contributed by atoms with Gasteiger partial charge in [0.2, 0.25) is 0 Å². The van der Waals surface area contributed by atoms with Crippen molar-refractivity contribution in [2.45, 2.75) is 30.8 Å². The maximum absolute atomic E-state index is 13.5. The zero-order valence-corrected chi connectivity index (χ0v) is 11.8. The standard InChI is InChI=1S/C13H18F2O3S/c1-3-4-7-18-10-5-6-13(19(2,16)17)11(8-10)12(15)9-14/h5-6,8,12H,3-4,7,9H2,1-2H3. The SMILES string of the molecule is CCCCOc1ccc(S(C)(=O)=O)c(C(F)CF)c1. The number of alkyl halides is 2. The van der Waals surface area contributed by atoms with E-state index in [0.717, 1.165) is 19.1 Å². The van der Waals surface area contributed by atoms with E-state index in [1.54, 1.807) is 0 Å². The molecular weight excluding hydrogens is 274 g/mol. The van der Waals surface area contributed by atoms with E-state index in [2.05, 4.69) is 0 Å². The van der Waals surface area contributed by atoms with Crippen molar-refractivity contribution in [3.63, 3.8) is 0 Å². The van der Waals surface area contributed by atoms with Gasteiger partial charge in [0.05, 0.1) is 11.5 Å². The van der Waals surface area contributed by atoms with Crippen molar-refractivity contribution in [3.8, 4) is 5.75 Å². The summed E-state index contributed by atoms with van der Waals surface area (Å²) in [6.07, 6.45) is 0.795. The molecule has 1 atom stereocenters. The Kier molecular flexibility index (Phi) is 5.72. The lowest BCUT2D eigenvalue weighted by atomic mass is 10.1. The smallest absolute Gasteiger partial charge is 0.175 e. The summed E-state index contributed by atoms with van der Waals surface area (Å²) in [7, 11) is -3.59. The van der Waals surface area contributed by atoms with Gasteiger partial charge in [0, 0.05) is 11.8 Å². The summed E-state index contributed by atoms with van der Waals surface area (Å²) in [6.45, 7) is 1.20. The molecule has 0 N–H and O–H groups in total. The van der Waals surface area contributed by atoms with E-state index < -0.39 is 22.7 Å². The Balaban J connectivity index is 3.09. The minimum absolute atomic E-state index is 0.181. The van der Waals surface area contributed by atoms with Crippen LogP contribution in [0.5, 0.6) is 5.75 Å². The van der Waals surface area contributed by atoms with Crippen LogP contribution in [-0.4, -0.2) is 28.0 Å². The Morgan fingerprint density at radius 2 is 2.05 bits per heavy atom. The molecule has 0 aromatic heterocycles. The zero-order chi connectivity index (χ0) is 14.5. The van der Waals surface area contributed by atoms with Gasteiger partial charge in [0.25, 0.3) is 0 Å². The average molecular weight is 292 g/mol. The first kappa shape index (κ1) is 15.9. The predicted molar refractivity (Wildman–Crippen MR) is 69.8 cm³/mol. The summed E-state index contributed by atoms with van der Waals surface area (Å²) >= 11 is 0. The van der Waals surface area contributed by atoms with E-state index >= 15 is 0 Å². The Morgan fingerprint density at radius 3 is 2.58 bits per heavy atom. The van der Waals surface area contributed by atoms with Crippen LogP contribution in [0.1, 0.15) is 31.5 Å². The van der Waals surface area contributed by atoms with Crippen LogP contribution in [0.2, 0.25) is 0 Å². The Bertz CT molecular complexity index is 515. The van der Waals surface area contributed by atoms with Gasteiger partial charge in [-0.05, 0) is 24.6 Å². The highest BCUT2D eigenvalue weighted by Gasteiger charge is 2.21. The predicted octanol–water partition coefficient (Wildman–Crippen LogP) is 3.25. The van der Waals surface area contributed by atoms with Gasteiger partial charge >= 0.3 is 0 Å². The van der Waals surface area contributed by atoms with Crippen molar-refractivity contribution in [2.24, 2.45) is 0 Å². The van der Waals surface area contributed by atoms with Crippen molar-refractivity contribution in [1.82, 2.24) is 0 Å². The minimum Gasteiger partial charge on any atom is -0.494 e. The van der Waals surface area contributed by atoms with Gasteiger partial charge in [-0.2, -0.15) is 0 Å². The molecule has 0 amide bonds. The van der Waals surface area contributed by atoms with Crippen molar-refractivity contribution < 1.29 is 21.9 Å². The van der Waals surface area contributed by atoms with Gasteiger partial charge < -0.3 is 4.74 Å². The molecule has 0 heterocycles. The highest BCUT2D eigenvalue weighted by Crippen LogP contribution is 2.29. The number of halogens is 2. The second-order valence-corrected chi connectivity index (χ2v) is 6.28. The summed E-state index contributed by atoms with van der Waals surface area (Å²) in [6, 6.07) is 3.98. The van der Waals surface area contributed by atoms with E-state index in [9.17, 15) is 17.2 Å². The molecule has 1 unspecified atom stereocenters. The Hall–Kier alpha value is -1.17. The van der Waals surface area contributed by atoms with E-state index in [4.69, 9.17) is 4.74 Å². The molecule has 0 spiro atoms. The molecule has 0 fully saturated rings. The summed E-state index contributed by atoms with van der Waals surface area (Å²) in [5.41, 5.74) is -0.181. The molecule has 0 saturated carbocycles. The second kappa shape index (κ2) is 6.84. The number of ether oxygens (including phenoxy) is 1. The van der Waals surface area contributed by atoms with Crippen LogP contribution < -0.4 is 4.74 Å². The lowest BCUT2D eigenvalue weighted by molar-refractivity contribution is 0.260. The summed E-state index contributed by atoms with van der Waals surface area (Å²) < 4.78 is 54.4. The summed E-state index contributed by atoms with van der Waals surface area (Å²) in [5.74, 6) is 0.354. The van der Waals surface area contributed by atoms with Gasteiger partial charge in [-0.15, -0.1) is 0 Å². The Morgan fingerprint density at radius 1 is 1.37 bits per heavy atom. The number of benzene rings is 1. The number of unbranched alkanes of at least 4 members (excludes halogenated alkanes) is 1. The minimum atomic E-state index is -3.59. The van der Waals surface area contributed by atoms with E-state index in [1.807, 2.05) is 6.92 Å². The van der Waals surface area contributed by atoms with Crippen LogP contribution >= 0.6 is 0 Å².